The van der Waals surface area contributed by atoms with Crippen molar-refractivity contribution in [2.24, 2.45) is 50.2 Å². The first kappa shape index (κ1) is 38.8. The SMILES string of the molecule is CC1(C)[C@@H](OC(=O)c2ccccc2C(=O)[O-])CC[C@]2(C)[C@H]3C(=O)C=C4[C@@H]5C[C@@](C)(C(=O)[O-])CC[C@]5(C)CC[C@@]4(C)[C@]3(C)CC[C@@H]12.[Na+].[Na+]. The predicted molar refractivity (Wildman–Crippen MR) is 164 cm³/mol. The minimum Gasteiger partial charge on any atom is -0.550 e. The number of carboxylic acids is 2. The van der Waals surface area contributed by atoms with E-state index in [9.17, 15) is 29.4 Å². The second kappa shape index (κ2) is 12.7. The summed E-state index contributed by atoms with van der Waals surface area (Å²) in [5, 5.41) is 23.9. The van der Waals surface area contributed by atoms with Gasteiger partial charge in [0.1, 0.15) is 6.10 Å². The zero-order valence-electron chi connectivity index (χ0n) is 29.9. The number of hydrogen-bond acceptors (Lipinski definition) is 7. The molecule has 0 saturated heterocycles. The molecule has 1 aromatic carbocycles. The van der Waals surface area contributed by atoms with Crippen molar-refractivity contribution in [3.63, 3.8) is 0 Å². The van der Waals surface area contributed by atoms with Crippen LogP contribution < -0.4 is 69.3 Å². The van der Waals surface area contributed by atoms with Crippen molar-refractivity contribution in [2.45, 2.75) is 112 Å². The summed E-state index contributed by atoms with van der Waals surface area (Å²) in [5.74, 6) is -2.95. The third-order valence-electron chi connectivity index (χ3n) is 14.6. The van der Waals surface area contributed by atoms with Gasteiger partial charge in [-0.05, 0) is 103 Å². The topological polar surface area (TPSA) is 124 Å². The Morgan fingerprint density at radius 1 is 0.809 bits per heavy atom. The second-order valence-corrected chi connectivity index (χ2v) is 17.1. The standard InChI is InChI=1S/C38H50O7.2Na/c1-33(2)27-12-15-38(7)29(36(27,5)14-13-28(33)45-31(42)23-11-9-8-10-22(23)30(40)41)26(39)20-24-25-21-35(4,32(43)44)17-16-34(25,3)18-19-37(24,38)6;;/h8-11,20,25,27-29H,12-19,21H2,1-7H3,(H,40,41)(H,43,44);;/q;2*+1/p-2/t25-,27-,28-,29+,34+,35-,36-,37+,38+;;/m0../s1. The average Bonchev–Trinajstić information content (AvgIpc) is 2.96. The van der Waals surface area contributed by atoms with Gasteiger partial charge in [0, 0.05) is 28.3 Å². The number of rotatable bonds is 4. The molecule has 0 aromatic heterocycles. The van der Waals surface area contributed by atoms with E-state index < -0.39 is 34.8 Å². The van der Waals surface area contributed by atoms with E-state index in [1.807, 2.05) is 13.0 Å². The first-order valence-corrected chi connectivity index (χ1v) is 16.8. The molecule has 5 aliphatic carbocycles. The molecule has 9 heteroatoms. The number of allylic oxidation sites excluding steroid dienone is 2. The van der Waals surface area contributed by atoms with E-state index in [-0.39, 0.29) is 115 Å². The summed E-state index contributed by atoms with van der Waals surface area (Å²) in [6.07, 6.45) is 8.51. The molecule has 0 unspecified atom stereocenters. The molecule has 1 aromatic rings. The monoisotopic (exact) mass is 662 g/mol. The molecule has 0 aliphatic heterocycles. The van der Waals surface area contributed by atoms with E-state index in [0.717, 1.165) is 38.5 Å². The number of carbonyl (C=O) groups is 4. The van der Waals surface area contributed by atoms with Crippen LogP contribution in [0.4, 0.5) is 0 Å². The molecule has 9 atom stereocenters. The van der Waals surface area contributed by atoms with E-state index in [0.29, 0.717) is 19.3 Å². The zero-order chi connectivity index (χ0) is 33.0. The van der Waals surface area contributed by atoms with Crippen LogP contribution in [0, 0.1) is 50.2 Å². The number of hydrogen-bond donors (Lipinski definition) is 0. The van der Waals surface area contributed by atoms with Gasteiger partial charge in [0.2, 0.25) is 0 Å². The van der Waals surface area contributed by atoms with Crippen molar-refractivity contribution in [1.82, 2.24) is 0 Å². The quantitative estimate of drug-likeness (QED) is 0.309. The Morgan fingerprint density at radius 3 is 2.04 bits per heavy atom. The number of aliphatic carboxylic acids is 1. The van der Waals surface area contributed by atoms with Gasteiger partial charge in [-0.15, -0.1) is 0 Å². The Hall–Kier alpha value is -0.960. The third-order valence-corrected chi connectivity index (χ3v) is 14.6. The minimum atomic E-state index is -1.41. The minimum absolute atomic E-state index is 0. The summed E-state index contributed by atoms with van der Waals surface area (Å²) in [6.45, 7) is 15.3. The normalized spacial score (nSPS) is 41.6. The number of ketones is 1. The molecule has 0 radical (unpaired) electrons. The number of carbonyl (C=O) groups excluding carboxylic acids is 4. The number of esters is 1. The molecule has 244 valence electrons. The van der Waals surface area contributed by atoms with Crippen LogP contribution in [0.5, 0.6) is 0 Å². The van der Waals surface area contributed by atoms with Crippen LogP contribution in [0.15, 0.2) is 35.9 Å². The first-order chi connectivity index (χ1) is 20.8. The molecule has 0 heterocycles. The molecular formula is C38H48Na2O7. The van der Waals surface area contributed by atoms with Crippen LogP contribution in [0.25, 0.3) is 0 Å². The third kappa shape index (κ3) is 5.60. The number of aromatic carboxylic acids is 1. The average molecular weight is 663 g/mol. The van der Waals surface area contributed by atoms with Crippen LogP contribution in [-0.2, 0) is 14.3 Å². The molecule has 4 saturated carbocycles. The summed E-state index contributed by atoms with van der Waals surface area (Å²) in [6, 6.07) is 5.99. The molecular weight excluding hydrogens is 614 g/mol. The van der Waals surface area contributed by atoms with Gasteiger partial charge in [-0.25, -0.2) is 4.79 Å². The summed E-state index contributed by atoms with van der Waals surface area (Å²) < 4.78 is 6.10. The maximum Gasteiger partial charge on any atom is 1.00 e. The largest absolute Gasteiger partial charge is 1.00 e. The van der Waals surface area contributed by atoms with Crippen LogP contribution in [-0.4, -0.2) is 29.8 Å². The summed E-state index contributed by atoms with van der Waals surface area (Å²) >= 11 is 0. The van der Waals surface area contributed by atoms with Crippen molar-refractivity contribution >= 4 is 23.7 Å². The zero-order valence-corrected chi connectivity index (χ0v) is 33.9. The van der Waals surface area contributed by atoms with Gasteiger partial charge in [0.15, 0.2) is 5.78 Å². The summed E-state index contributed by atoms with van der Waals surface area (Å²) in [7, 11) is 0. The molecule has 4 fully saturated rings. The van der Waals surface area contributed by atoms with Crippen molar-refractivity contribution in [2.75, 3.05) is 0 Å². The molecule has 0 spiro atoms. The van der Waals surface area contributed by atoms with E-state index >= 15 is 0 Å². The van der Waals surface area contributed by atoms with Crippen molar-refractivity contribution in [3.05, 3.63) is 47.0 Å². The van der Waals surface area contributed by atoms with E-state index in [2.05, 4.69) is 41.5 Å². The van der Waals surface area contributed by atoms with Gasteiger partial charge in [0.05, 0.1) is 11.5 Å². The predicted octanol–water partition coefficient (Wildman–Crippen LogP) is -0.686. The van der Waals surface area contributed by atoms with Crippen LogP contribution >= 0.6 is 0 Å². The van der Waals surface area contributed by atoms with Crippen LogP contribution in [0.2, 0.25) is 0 Å². The van der Waals surface area contributed by atoms with E-state index in [4.69, 9.17) is 4.74 Å². The Labute approximate surface area is 324 Å². The Balaban J connectivity index is 0.00000250. The van der Waals surface area contributed by atoms with Crippen LogP contribution in [0.1, 0.15) is 127 Å². The first-order valence-electron chi connectivity index (χ1n) is 16.8. The van der Waals surface area contributed by atoms with Gasteiger partial charge in [0.25, 0.3) is 0 Å². The Morgan fingerprint density at radius 2 is 1.43 bits per heavy atom. The smallest absolute Gasteiger partial charge is 0.550 e. The van der Waals surface area contributed by atoms with Gasteiger partial charge in [-0.3, -0.25) is 4.79 Å². The number of ether oxygens (including phenoxy) is 1. The van der Waals surface area contributed by atoms with Crippen molar-refractivity contribution < 1.29 is 93.2 Å². The molecule has 0 N–H and O–H groups in total. The van der Waals surface area contributed by atoms with Crippen molar-refractivity contribution in [1.29, 1.82) is 0 Å². The van der Waals surface area contributed by atoms with Gasteiger partial charge in [-0.1, -0.05) is 72.2 Å². The van der Waals surface area contributed by atoms with Crippen LogP contribution in [0.3, 0.4) is 0 Å². The molecule has 6 rings (SSSR count). The van der Waals surface area contributed by atoms with Gasteiger partial charge >= 0.3 is 65.1 Å². The fourth-order valence-electron chi connectivity index (χ4n) is 11.6. The molecule has 0 amide bonds. The Kier molecular flexibility index (Phi) is 10.5. The summed E-state index contributed by atoms with van der Waals surface area (Å²) in [5.41, 5.74) is -1.22. The fourth-order valence-corrected chi connectivity index (χ4v) is 11.6. The van der Waals surface area contributed by atoms with Gasteiger partial charge in [-0.2, -0.15) is 0 Å². The Bertz CT molecular complexity index is 1520. The van der Waals surface area contributed by atoms with Gasteiger partial charge < -0.3 is 24.5 Å². The molecule has 0 bridgehead atoms. The number of benzene rings is 1. The number of carboxylic acid groups (broad SMARTS) is 2. The molecule has 7 nitrogen and oxygen atoms in total. The maximum absolute atomic E-state index is 14.6. The summed E-state index contributed by atoms with van der Waals surface area (Å²) in [4.78, 5) is 51.8. The maximum atomic E-state index is 14.6. The molecule has 5 aliphatic rings. The number of fused-ring (bicyclic) bond motifs is 7. The van der Waals surface area contributed by atoms with E-state index in [1.165, 1.54) is 17.7 Å². The second-order valence-electron chi connectivity index (χ2n) is 17.1. The van der Waals surface area contributed by atoms with Crippen molar-refractivity contribution in [3.8, 4) is 0 Å². The van der Waals surface area contributed by atoms with E-state index in [1.54, 1.807) is 12.1 Å². The molecule has 47 heavy (non-hydrogen) atoms. The fraction of sp³-hybridized carbons (Fsp3) is 0.684.